The summed E-state index contributed by atoms with van der Waals surface area (Å²) in [5.41, 5.74) is 0. The van der Waals surface area contributed by atoms with Gasteiger partial charge >= 0.3 is 0 Å². The Morgan fingerprint density at radius 2 is 2.47 bits per heavy atom. The molecule has 1 fully saturated rings. The van der Waals surface area contributed by atoms with Crippen LogP contribution in [0.25, 0.3) is 0 Å². The van der Waals surface area contributed by atoms with Crippen LogP contribution in [0.1, 0.15) is 25.0 Å². The van der Waals surface area contributed by atoms with Crippen molar-refractivity contribution >= 4 is 11.7 Å². The summed E-state index contributed by atoms with van der Waals surface area (Å²) in [7, 11) is 0. The second-order valence-corrected chi connectivity index (χ2v) is 3.84. The van der Waals surface area contributed by atoms with E-state index in [4.69, 9.17) is 4.52 Å². The van der Waals surface area contributed by atoms with Gasteiger partial charge in [-0.2, -0.15) is 0 Å². The first-order valence-corrected chi connectivity index (χ1v) is 5.20. The molecule has 1 aromatic heterocycles. The van der Waals surface area contributed by atoms with E-state index in [2.05, 4.69) is 15.8 Å². The second kappa shape index (κ2) is 4.33. The molecule has 2 N–H and O–H groups in total. The zero-order valence-corrected chi connectivity index (χ0v) is 8.75. The summed E-state index contributed by atoms with van der Waals surface area (Å²) < 4.78 is 4.88. The maximum atomic E-state index is 11.3. The minimum absolute atomic E-state index is 0.102. The number of nitrogens with zero attached hydrogens (tertiary/aromatic N) is 1. The lowest BCUT2D eigenvalue weighted by molar-refractivity contribution is -0.120. The minimum Gasteiger partial charge on any atom is -0.367 e. The van der Waals surface area contributed by atoms with Crippen LogP contribution in [0.5, 0.6) is 0 Å². The Bertz CT molecular complexity index is 344. The van der Waals surface area contributed by atoms with Crippen molar-refractivity contribution in [2.45, 2.75) is 32.2 Å². The predicted molar refractivity (Wildman–Crippen MR) is 55.5 cm³/mol. The normalized spacial score (nSPS) is 15.0. The number of rotatable bonds is 5. The van der Waals surface area contributed by atoms with Crippen LogP contribution in [0.4, 0.5) is 5.82 Å². The molecule has 1 amide bonds. The third kappa shape index (κ3) is 3.27. The molecule has 82 valence electrons. The molecule has 1 heterocycles. The molecule has 1 aromatic rings. The van der Waals surface area contributed by atoms with Gasteiger partial charge in [-0.3, -0.25) is 4.79 Å². The molecule has 0 spiro atoms. The highest BCUT2D eigenvalue weighted by atomic mass is 16.5. The Morgan fingerprint density at radius 1 is 1.67 bits per heavy atom. The summed E-state index contributed by atoms with van der Waals surface area (Å²) in [5.74, 6) is 1.55. The molecule has 5 heteroatoms. The van der Waals surface area contributed by atoms with Gasteiger partial charge in [0.1, 0.15) is 5.76 Å². The van der Waals surface area contributed by atoms with Crippen LogP contribution in [-0.2, 0) is 4.79 Å². The van der Waals surface area contributed by atoms with Gasteiger partial charge in [0.2, 0.25) is 5.91 Å². The Balaban J connectivity index is 1.63. The molecule has 0 unspecified atom stereocenters. The van der Waals surface area contributed by atoms with E-state index in [1.54, 1.807) is 6.07 Å². The van der Waals surface area contributed by atoms with Crippen LogP contribution in [0, 0.1) is 6.92 Å². The molecule has 1 aliphatic rings. The predicted octanol–water partition coefficient (Wildman–Crippen LogP) is 1.06. The molecule has 5 nitrogen and oxygen atoms in total. The number of nitrogens with one attached hydrogen (secondary N) is 2. The van der Waals surface area contributed by atoms with Crippen LogP contribution in [0.15, 0.2) is 10.6 Å². The van der Waals surface area contributed by atoms with E-state index in [1.165, 1.54) is 0 Å². The van der Waals surface area contributed by atoms with E-state index in [-0.39, 0.29) is 5.91 Å². The number of carbonyl (C=O) groups is 1. The van der Waals surface area contributed by atoms with Crippen LogP contribution < -0.4 is 10.6 Å². The number of hydrogen-bond donors (Lipinski definition) is 2. The van der Waals surface area contributed by atoms with Gasteiger partial charge in [-0.15, -0.1) is 0 Å². The largest absolute Gasteiger partial charge is 0.367 e. The summed E-state index contributed by atoms with van der Waals surface area (Å²) >= 11 is 0. The van der Waals surface area contributed by atoms with Gasteiger partial charge in [0.25, 0.3) is 0 Å². The smallest absolute Gasteiger partial charge is 0.221 e. The quantitative estimate of drug-likeness (QED) is 0.761. The maximum absolute atomic E-state index is 11.3. The standard InChI is InChI=1S/C10H15N3O2/c1-7-6-9(13-15-7)11-5-4-10(14)12-8-2-3-8/h6,8H,2-5H2,1H3,(H,11,13)(H,12,14). The van der Waals surface area contributed by atoms with Crippen molar-refractivity contribution in [3.8, 4) is 0 Å². The lowest BCUT2D eigenvalue weighted by atomic mass is 10.4. The lowest BCUT2D eigenvalue weighted by Crippen LogP contribution is -2.27. The maximum Gasteiger partial charge on any atom is 0.221 e. The van der Waals surface area contributed by atoms with Crippen molar-refractivity contribution in [1.82, 2.24) is 10.5 Å². The highest BCUT2D eigenvalue weighted by Crippen LogP contribution is 2.18. The Morgan fingerprint density at radius 3 is 3.07 bits per heavy atom. The fourth-order valence-corrected chi connectivity index (χ4v) is 1.28. The molecule has 0 aliphatic heterocycles. The van der Waals surface area contributed by atoms with Crippen molar-refractivity contribution < 1.29 is 9.32 Å². The minimum atomic E-state index is 0.102. The van der Waals surface area contributed by atoms with E-state index < -0.39 is 0 Å². The fraction of sp³-hybridized carbons (Fsp3) is 0.600. The molecule has 0 saturated heterocycles. The molecule has 1 saturated carbocycles. The number of hydrogen-bond acceptors (Lipinski definition) is 4. The summed E-state index contributed by atoms with van der Waals surface area (Å²) in [6.45, 7) is 2.42. The number of anilines is 1. The second-order valence-electron chi connectivity index (χ2n) is 3.84. The molecule has 0 atom stereocenters. The van der Waals surface area contributed by atoms with E-state index in [0.29, 0.717) is 24.8 Å². The molecule has 0 bridgehead atoms. The van der Waals surface area contributed by atoms with Crippen molar-refractivity contribution in [2.24, 2.45) is 0 Å². The van der Waals surface area contributed by atoms with Crippen molar-refractivity contribution in [3.63, 3.8) is 0 Å². The number of aryl methyl sites for hydroxylation is 1. The average molecular weight is 209 g/mol. The lowest BCUT2D eigenvalue weighted by Gasteiger charge is -2.03. The summed E-state index contributed by atoms with van der Waals surface area (Å²) in [4.78, 5) is 11.3. The first-order valence-electron chi connectivity index (χ1n) is 5.20. The monoisotopic (exact) mass is 209 g/mol. The third-order valence-electron chi connectivity index (χ3n) is 2.23. The SMILES string of the molecule is Cc1cc(NCCC(=O)NC2CC2)no1. The Kier molecular flexibility index (Phi) is 2.89. The number of amides is 1. The topological polar surface area (TPSA) is 67.2 Å². The van der Waals surface area contributed by atoms with Crippen LogP contribution in [0.2, 0.25) is 0 Å². The fourth-order valence-electron chi connectivity index (χ4n) is 1.28. The van der Waals surface area contributed by atoms with Gasteiger partial charge in [0.05, 0.1) is 0 Å². The first-order chi connectivity index (χ1) is 7.24. The van der Waals surface area contributed by atoms with E-state index in [0.717, 1.165) is 18.6 Å². The Labute approximate surface area is 88.2 Å². The summed E-state index contributed by atoms with van der Waals surface area (Å²) in [6, 6.07) is 2.24. The van der Waals surface area contributed by atoms with E-state index in [1.807, 2.05) is 6.92 Å². The zero-order valence-electron chi connectivity index (χ0n) is 8.75. The van der Waals surface area contributed by atoms with Gasteiger partial charge in [-0.05, 0) is 19.8 Å². The van der Waals surface area contributed by atoms with Gasteiger partial charge < -0.3 is 15.2 Å². The van der Waals surface area contributed by atoms with Crippen LogP contribution >= 0.6 is 0 Å². The molecule has 1 aliphatic carbocycles. The average Bonchev–Trinajstić information content (AvgIpc) is 2.89. The molecule has 2 rings (SSSR count). The van der Waals surface area contributed by atoms with Crippen LogP contribution in [0.3, 0.4) is 0 Å². The molecular formula is C10H15N3O2. The molecule has 0 radical (unpaired) electrons. The summed E-state index contributed by atoms with van der Waals surface area (Å²) in [6.07, 6.45) is 2.73. The van der Waals surface area contributed by atoms with Crippen molar-refractivity contribution in [2.75, 3.05) is 11.9 Å². The zero-order chi connectivity index (χ0) is 10.7. The highest BCUT2D eigenvalue weighted by Gasteiger charge is 2.22. The van der Waals surface area contributed by atoms with Crippen molar-refractivity contribution in [3.05, 3.63) is 11.8 Å². The van der Waals surface area contributed by atoms with Gasteiger partial charge in [0, 0.05) is 25.1 Å². The van der Waals surface area contributed by atoms with E-state index in [9.17, 15) is 4.79 Å². The first kappa shape index (κ1) is 10.0. The van der Waals surface area contributed by atoms with Crippen LogP contribution in [-0.4, -0.2) is 23.7 Å². The Hall–Kier alpha value is -1.52. The van der Waals surface area contributed by atoms with Gasteiger partial charge in [0.15, 0.2) is 5.82 Å². The highest BCUT2D eigenvalue weighted by molar-refractivity contribution is 5.77. The number of aromatic nitrogens is 1. The molecule has 0 aromatic carbocycles. The van der Waals surface area contributed by atoms with Gasteiger partial charge in [-0.25, -0.2) is 0 Å². The van der Waals surface area contributed by atoms with Gasteiger partial charge in [-0.1, -0.05) is 5.16 Å². The van der Waals surface area contributed by atoms with E-state index >= 15 is 0 Å². The molecular weight excluding hydrogens is 194 g/mol. The number of carbonyl (C=O) groups excluding carboxylic acids is 1. The summed E-state index contributed by atoms with van der Waals surface area (Å²) in [5, 5.41) is 9.71. The van der Waals surface area contributed by atoms with Crippen molar-refractivity contribution in [1.29, 1.82) is 0 Å². The molecule has 15 heavy (non-hydrogen) atoms. The third-order valence-corrected chi connectivity index (χ3v) is 2.23.